The summed E-state index contributed by atoms with van der Waals surface area (Å²) in [6, 6.07) is 8.70. The van der Waals surface area contributed by atoms with Crippen LogP contribution in [0, 0.1) is 46.3 Å². The Labute approximate surface area is 331 Å². The zero-order valence-electron chi connectivity index (χ0n) is 34.7. The van der Waals surface area contributed by atoms with Gasteiger partial charge in [-0.05, 0) is 163 Å². The molecule has 55 heavy (non-hydrogen) atoms. The summed E-state index contributed by atoms with van der Waals surface area (Å²) in [5.41, 5.74) is -0.438. The first-order valence-corrected chi connectivity index (χ1v) is 23.5. The number of benzene rings is 1. The summed E-state index contributed by atoms with van der Waals surface area (Å²) in [5, 5.41) is 23.8. The van der Waals surface area contributed by atoms with Crippen molar-refractivity contribution in [3.63, 3.8) is 0 Å². The molecule has 1 aromatic carbocycles. The van der Waals surface area contributed by atoms with Gasteiger partial charge in [0.15, 0.2) is 15.6 Å². The van der Waals surface area contributed by atoms with Crippen LogP contribution in [0.3, 0.4) is 0 Å². The van der Waals surface area contributed by atoms with Crippen molar-refractivity contribution in [2.45, 2.75) is 183 Å². The zero-order chi connectivity index (χ0) is 39.2. The predicted molar refractivity (Wildman–Crippen MR) is 213 cm³/mol. The van der Waals surface area contributed by atoms with Crippen molar-refractivity contribution in [1.29, 1.82) is 0 Å². The summed E-state index contributed by atoms with van der Waals surface area (Å²) >= 11 is 0. The van der Waals surface area contributed by atoms with Crippen LogP contribution in [0.15, 0.2) is 46.9 Å². The number of allylic oxidation sites excluding steroid dienone is 1. The van der Waals surface area contributed by atoms with E-state index in [1.807, 2.05) is 33.8 Å². The molecule has 4 unspecified atom stereocenters. The van der Waals surface area contributed by atoms with Crippen molar-refractivity contribution in [2.75, 3.05) is 13.2 Å². The zero-order valence-corrected chi connectivity index (χ0v) is 35.5. The normalized spacial score (nSPS) is 44.3. The van der Waals surface area contributed by atoms with Gasteiger partial charge in [0.25, 0.3) is 0 Å². The SMILES string of the molecule is C[C@H](C(C(O)[C@H]1OC(C)(C)OC1(C)C)S(=O)(=O)c1ccccc1)[C@H]1CC[C@H]2[C@@H]3CC=C4C[C@@](O)(C5CCCCO5)C[C@H](C5CCCCO5)[C@]4(C)[C@H]3CC[C@]12C. The van der Waals surface area contributed by atoms with E-state index >= 15 is 0 Å². The van der Waals surface area contributed by atoms with Crippen LogP contribution in [0.25, 0.3) is 0 Å². The molecule has 4 aliphatic carbocycles. The van der Waals surface area contributed by atoms with Gasteiger partial charge < -0.3 is 29.2 Å². The Morgan fingerprint density at radius 2 is 1.55 bits per heavy atom. The van der Waals surface area contributed by atoms with Crippen LogP contribution < -0.4 is 0 Å². The van der Waals surface area contributed by atoms with E-state index in [-0.39, 0.29) is 45.7 Å². The van der Waals surface area contributed by atoms with Gasteiger partial charge in [-0.3, -0.25) is 0 Å². The van der Waals surface area contributed by atoms with Gasteiger partial charge in [-0.2, -0.15) is 0 Å². The lowest BCUT2D eigenvalue weighted by molar-refractivity contribution is -0.190. The average Bonchev–Trinajstić information content (AvgIpc) is 3.63. The van der Waals surface area contributed by atoms with E-state index in [9.17, 15) is 18.6 Å². The minimum atomic E-state index is -3.96. The maximum absolute atomic E-state index is 14.8. The fraction of sp³-hybridized carbons (Fsp3) is 0.826. The highest BCUT2D eigenvalue weighted by atomic mass is 32.2. The van der Waals surface area contributed by atoms with E-state index in [2.05, 4.69) is 26.8 Å². The third-order valence-electron chi connectivity index (χ3n) is 16.7. The van der Waals surface area contributed by atoms with Crippen molar-refractivity contribution in [3.8, 4) is 0 Å². The molecule has 0 amide bonds. The lowest BCUT2D eigenvalue weighted by atomic mass is 9.43. The second kappa shape index (κ2) is 14.4. The molecule has 3 heterocycles. The van der Waals surface area contributed by atoms with E-state index in [4.69, 9.17) is 18.9 Å². The van der Waals surface area contributed by atoms with Crippen molar-refractivity contribution in [2.24, 2.45) is 46.3 Å². The molecule has 0 aromatic heterocycles. The number of hydrogen-bond donors (Lipinski definition) is 2. The van der Waals surface area contributed by atoms with Crippen molar-refractivity contribution in [3.05, 3.63) is 42.0 Å². The molecule has 8 rings (SSSR count). The Bertz CT molecular complexity index is 1680. The molecule has 3 saturated heterocycles. The van der Waals surface area contributed by atoms with E-state index in [0.29, 0.717) is 24.2 Å². The third kappa shape index (κ3) is 6.74. The number of rotatable bonds is 8. The Morgan fingerprint density at radius 1 is 0.836 bits per heavy atom. The summed E-state index contributed by atoms with van der Waals surface area (Å²) in [6.07, 6.45) is 13.5. The van der Waals surface area contributed by atoms with Crippen LogP contribution in [-0.4, -0.2) is 78.5 Å². The third-order valence-corrected chi connectivity index (χ3v) is 19.1. The molecular weight excluding hydrogens is 713 g/mol. The quantitative estimate of drug-likeness (QED) is 0.253. The molecule has 6 fully saturated rings. The van der Waals surface area contributed by atoms with Gasteiger partial charge in [0, 0.05) is 19.6 Å². The number of aliphatic hydroxyl groups excluding tert-OH is 1. The monoisotopic (exact) mass is 782 g/mol. The van der Waals surface area contributed by atoms with Crippen molar-refractivity contribution in [1.82, 2.24) is 0 Å². The number of fused-ring (bicyclic) bond motifs is 5. The van der Waals surface area contributed by atoms with Crippen LogP contribution >= 0.6 is 0 Å². The summed E-state index contributed by atoms with van der Waals surface area (Å²) in [7, 11) is -3.96. The molecule has 8 nitrogen and oxygen atoms in total. The van der Waals surface area contributed by atoms with Crippen LogP contribution in [0.4, 0.5) is 0 Å². The first-order valence-electron chi connectivity index (χ1n) is 21.9. The molecule has 7 aliphatic rings. The summed E-state index contributed by atoms with van der Waals surface area (Å²) in [6.45, 7) is 16.1. The topological polar surface area (TPSA) is 112 Å². The van der Waals surface area contributed by atoms with E-state index in [1.165, 1.54) is 12.0 Å². The van der Waals surface area contributed by atoms with Gasteiger partial charge >= 0.3 is 0 Å². The number of ether oxygens (including phenoxy) is 4. The van der Waals surface area contributed by atoms with Gasteiger partial charge in [-0.15, -0.1) is 0 Å². The van der Waals surface area contributed by atoms with Crippen LogP contribution in [0.2, 0.25) is 0 Å². The Hall–Kier alpha value is -1.33. The lowest BCUT2D eigenvalue weighted by Gasteiger charge is -2.63. The van der Waals surface area contributed by atoms with Gasteiger partial charge in [0.1, 0.15) is 12.2 Å². The Kier molecular flexibility index (Phi) is 10.6. The van der Waals surface area contributed by atoms with E-state index < -0.39 is 44.3 Å². The highest BCUT2D eigenvalue weighted by Gasteiger charge is 2.65. The standard InChI is InChI=1S/C46H70O8S/c1-29(40(55(49,50)31-15-9-8-10-16-31)39(47)41-42(2,3)54-43(4,5)53-41)33-21-22-34-32-20-19-30-27-46(48,38-18-12-14-26-52-38)28-36(37-17-11-13-25-51-37)45(30,7)35(32)23-24-44(33,34)6/h8-10,15-16,19,29,32-41,47-48H,11-14,17-18,20-28H2,1-7H3/t29-,32-,33+,34-,35-,36+,37?,38?,39?,40?,41+,44+,45-,46-/m0/s1. The average molecular weight is 783 g/mol. The van der Waals surface area contributed by atoms with Crippen LogP contribution in [0.1, 0.15) is 132 Å². The fourth-order valence-corrected chi connectivity index (χ4v) is 16.5. The summed E-state index contributed by atoms with van der Waals surface area (Å²) in [5.74, 6) is 0.497. The van der Waals surface area contributed by atoms with E-state index in [1.54, 1.807) is 24.3 Å². The molecule has 1 aromatic rings. The number of hydrogen-bond acceptors (Lipinski definition) is 8. The summed E-state index contributed by atoms with van der Waals surface area (Å²) < 4.78 is 55.3. The fourth-order valence-electron chi connectivity index (χ4n) is 14.4. The van der Waals surface area contributed by atoms with E-state index in [0.717, 1.165) is 83.8 Å². The number of aliphatic hydroxyl groups is 2. The highest BCUT2D eigenvalue weighted by Crippen LogP contribution is 2.70. The molecule has 2 N–H and O–H groups in total. The Morgan fingerprint density at radius 3 is 2.18 bits per heavy atom. The van der Waals surface area contributed by atoms with Gasteiger partial charge in [-0.1, -0.05) is 50.6 Å². The first kappa shape index (κ1) is 40.4. The maximum Gasteiger partial charge on any atom is 0.184 e. The first-order chi connectivity index (χ1) is 25.9. The molecule has 3 saturated carbocycles. The molecule has 3 aliphatic heterocycles. The molecular formula is C46H70O8S. The van der Waals surface area contributed by atoms with Crippen LogP contribution in [0.5, 0.6) is 0 Å². The highest BCUT2D eigenvalue weighted by molar-refractivity contribution is 7.92. The molecule has 0 radical (unpaired) electrons. The minimum Gasteiger partial charge on any atom is -0.389 e. The molecule has 14 atom stereocenters. The summed E-state index contributed by atoms with van der Waals surface area (Å²) in [4.78, 5) is 0.245. The van der Waals surface area contributed by atoms with Gasteiger partial charge in [0.2, 0.25) is 0 Å². The van der Waals surface area contributed by atoms with Gasteiger partial charge in [-0.25, -0.2) is 8.42 Å². The molecule has 0 bridgehead atoms. The lowest BCUT2D eigenvalue weighted by Crippen LogP contribution is -2.61. The second-order valence-corrected chi connectivity index (χ2v) is 22.6. The maximum atomic E-state index is 14.8. The predicted octanol–water partition coefficient (Wildman–Crippen LogP) is 8.43. The molecule has 308 valence electrons. The second-order valence-electron chi connectivity index (χ2n) is 20.5. The Balaban J connectivity index is 1.12. The molecule has 9 heteroatoms. The van der Waals surface area contributed by atoms with Gasteiger partial charge in [0.05, 0.1) is 33.6 Å². The van der Waals surface area contributed by atoms with Crippen molar-refractivity contribution < 1.29 is 37.6 Å². The number of sulfone groups is 1. The van der Waals surface area contributed by atoms with Crippen LogP contribution in [-0.2, 0) is 28.8 Å². The van der Waals surface area contributed by atoms with Crippen molar-refractivity contribution >= 4 is 9.84 Å². The molecule has 0 spiro atoms. The smallest absolute Gasteiger partial charge is 0.184 e. The minimum absolute atomic E-state index is 0.0651. The largest absolute Gasteiger partial charge is 0.389 e.